The van der Waals surface area contributed by atoms with E-state index in [1.807, 2.05) is 25.1 Å². The molecule has 1 aromatic carbocycles. The van der Waals surface area contributed by atoms with Crippen molar-refractivity contribution in [3.8, 4) is 0 Å². The van der Waals surface area contributed by atoms with Gasteiger partial charge in [0.1, 0.15) is 5.56 Å². The number of carbonyl (C=O) groups excluding carboxylic acids is 1. The summed E-state index contributed by atoms with van der Waals surface area (Å²) in [5, 5.41) is 0. The highest BCUT2D eigenvalue weighted by molar-refractivity contribution is 5.94. The normalized spacial score (nSPS) is 17.1. The van der Waals surface area contributed by atoms with Crippen LogP contribution in [0, 0.1) is 6.92 Å². The van der Waals surface area contributed by atoms with E-state index in [1.165, 1.54) is 0 Å². The molecule has 3 rings (SSSR count). The average molecular weight is 325 g/mol. The first-order valence-corrected chi connectivity index (χ1v) is 8.25. The van der Waals surface area contributed by atoms with E-state index in [0.717, 1.165) is 29.8 Å². The number of H-pyrrole nitrogens is 1. The maximum absolute atomic E-state index is 12.9. The van der Waals surface area contributed by atoms with Crippen LogP contribution in [0.3, 0.4) is 0 Å². The van der Waals surface area contributed by atoms with E-state index in [-0.39, 0.29) is 23.1 Å². The lowest BCUT2D eigenvalue weighted by atomic mass is 10.0. The molecule has 5 heteroatoms. The number of aromatic amines is 1. The lowest BCUT2D eigenvalue weighted by Gasteiger charge is -2.26. The molecule has 1 amide bonds. The summed E-state index contributed by atoms with van der Waals surface area (Å²) < 4.78 is 0. The Morgan fingerprint density at radius 1 is 1.25 bits per heavy atom. The predicted molar refractivity (Wildman–Crippen MR) is 95.6 cm³/mol. The van der Waals surface area contributed by atoms with E-state index in [2.05, 4.69) is 28.1 Å². The van der Waals surface area contributed by atoms with Crippen LogP contribution in [-0.4, -0.2) is 36.4 Å². The zero-order chi connectivity index (χ0) is 17.3. The first-order chi connectivity index (χ1) is 11.5. The number of rotatable bonds is 3. The van der Waals surface area contributed by atoms with Crippen LogP contribution in [0.4, 0.5) is 5.69 Å². The highest BCUT2D eigenvalue weighted by atomic mass is 16.2. The van der Waals surface area contributed by atoms with Crippen LogP contribution in [-0.2, 0) is 0 Å². The van der Waals surface area contributed by atoms with Gasteiger partial charge in [0, 0.05) is 32.0 Å². The quantitative estimate of drug-likeness (QED) is 0.944. The van der Waals surface area contributed by atoms with Gasteiger partial charge in [-0.05, 0) is 49.6 Å². The fraction of sp³-hybridized carbons (Fsp3) is 0.368. The fourth-order valence-corrected chi connectivity index (χ4v) is 3.26. The van der Waals surface area contributed by atoms with Gasteiger partial charge in [0.2, 0.25) is 0 Å². The molecule has 1 aliphatic rings. The number of aromatic nitrogens is 1. The molecule has 1 fully saturated rings. The van der Waals surface area contributed by atoms with Gasteiger partial charge in [-0.1, -0.05) is 12.1 Å². The summed E-state index contributed by atoms with van der Waals surface area (Å²) in [6.45, 7) is 2.49. The van der Waals surface area contributed by atoms with E-state index in [9.17, 15) is 9.59 Å². The van der Waals surface area contributed by atoms with Crippen molar-refractivity contribution in [2.75, 3.05) is 25.5 Å². The molecule has 24 heavy (non-hydrogen) atoms. The third-order valence-corrected chi connectivity index (χ3v) is 4.57. The molecule has 1 unspecified atom stereocenters. The highest BCUT2D eigenvalue weighted by Crippen LogP contribution is 2.34. The van der Waals surface area contributed by atoms with Gasteiger partial charge in [-0.25, -0.2) is 0 Å². The van der Waals surface area contributed by atoms with Crippen LogP contribution >= 0.6 is 0 Å². The summed E-state index contributed by atoms with van der Waals surface area (Å²) in [6.07, 6.45) is 1.87. The van der Waals surface area contributed by atoms with E-state index < -0.39 is 0 Å². The first-order valence-electron chi connectivity index (χ1n) is 8.25. The minimum atomic E-state index is -0.312. The van der Waals surface area contributed by atoms with Crippen molar-refractivity contribution in [1.29, 1.82) is 0 Å². The Labute approximate surface area is 141 Å². The van der Waals surface area contributed by atoms with Gasteiger partial charge >= 0.3 is 0 Å². The van der Waals surface area contributed by atoms with Gasteiger partial charge in [0.25, 0.3) is 11.5 Å². The SMILES string of the molecule is Cc1ccc(C(=O)N2CCCC2c2cccc(N(C)C)c2)c(=O)[nH]1. The number of pyridine rings is 1. The zero-order valence-electron chi connectivity index (χ0n) is 14.4. The highest BCUT2D eigenvalue weighted by Gasteiger charge is 2.31. The Morgan fingerprint density at radius 3 is 2.75 bits per heavy atom. The maximum Gasteiger partial charge on any atom is 0.260 e. The molecule has 0 aliphatic carbocycles. The van der Waals surface area contributed by atoms with Crippen molar-refractivity contribution in [3.05, 3.63) is 63.6 Å². The summed E-state index contributed by atoms with van der Waals surface area (Å²) in [6, 6.07) is 11.7. The standard InChI is InChI=1S/C19H23N3O2/c1-13-9-10-16(18(23)20-13)19(24)22-11-5-8-17(22)14-6-4-7-15(12-14)21(2)3/h4,6-7,9-10,12,17H,5,8,11H2,1-3H3,(H,20,23). The molecule has 2 heterocycles. The largest absolute Gasteiger partial charge is 0.378 e. The van der Waals surface area contributed by atoms with Crippen LogP contribution < -0.4 is 10.5 Å². The van der Waals surface area contributed by atoms with Crippen LogP contribution in [0.25, 0.3) is 0 Å². The van der Waals surface area contributed by atoms with Crippen molar-refractivity contribution >= 4 is 11.6 Å². The van der Waals surface area contributed by atoms with Crippen molar-refractivity contribution < 1.29 is 4.79 Å². The molecule has 2 aromatic rings. The molecule has 0 spiro atoms. The minimum absolute atomic E-state index is 0.0260. The number of aryl methyl sites for hydroxylation is 1. The van der Waals surface area contributed by atoms with E-state index in [1.54, 1.807) is 19.1 Å². The molecule has 0 radical (unpaired) electrons. The molecule has 0 bridgehead atoms. The summed E-state index contributed by atoms with van der Waals surface area (Å²) in [5.74, 6) is -0.186. The van der Waals surface area contributed by atoms with Gasteiger partial charge in [0.05, 0.1) is 6.04 Å². The number of nitrogens with zero attached hydrogens (tertiary/aromatic N) is 2. The van der Waals surface area contributed by atoms with Gasteiger partial charge in [-0.2, -0.15) is 0 Å². The van der Waals surface area contributed by atoms with Crippen molar-refractivity contribution in [2.45, 2.75) is 25.8 Å². The second-order valence-corrected chi connectivity index (χ2v) is 6.53. The smallest absolute Gasteiger partial charge is 0.260 e. The van der Waals surface area contributed by atoms with E-state index >= 15 is 0 Å². The molecular weight excluding hydrogens is 302 g/mol. The second-order valence-electron chi connectivity index (χ2n) is 6.53. The van der Waals surface area contributed by atoms with Crippen molar-refractivity contribution in [2.24, 2.45) is 0 Å². The molecule has 126 valence electrons. The molecule has 1 saturated heterocycles. The average Bonchev–Trinajstić information content (AvgIpc) is 3.04. The lowest BCUT2D eigenvalue weighted by molar-refractivity contribution is 0.0734. The molecule has 0 saturated carbocycles. The van der Waals surface area contributed by atoms with Crippen LogP contribution in [0.1, 0.15) is 40.5 Å². The van der Waals surface area contributed by atoms with Gasteiger partial charge in [-0.15, -0.1) is 0 Å². The Bertz CT molecular complexity index is 810. The predicted octanol–water partition coefficient (Wildman–Crippen LogP) is 2.73. The van der Waals surface area contributed by atoms with Crippen molar-refractivity contribution in [1.82, 2.24) is 9.88 Å². The monoisotopic (exact) mass is 325 g/mol. The van der Waals surface area contributed by atoms with Crippen molar-refractivity contribution in [3.63, 3.8) is 0 Å². The Hall–Kier alpha value is -2.56. The number of carbonyl (C=O) groups is 1. The maximum atomic E-state index is 12.9. The van der Waals surface area contributed by atoms with Gasteiger partial charge in [0.15, 0.2) is 0 Å². The topological polar surface area (TPSA) is 56.4 Å². The first kappa shape index (κ1) is 16.3. The Morgan fingerprint density at radius 2 is 2.04 bits per heavy atom. The fourth-order valence-electron chi connectivity index (χ4n) is 3.26. The van der Waals surface area contributed by atoms with E-state index in [0.29, 0.717) is 6.54 Å². The van der Waals surface area contributed by atoms with Crippen LogP contribution in [0.5, 0.6) is 0 Å². The zero-order valence-corrected chi connectivity index (χ0v) is 14.4. The second kappa shape index (κ2) is 6.51. The number of hydrogen-bond acceptors (Lipinski definition) is 3. The van der Waals surface area contributed by atoms with Gasteiger partial charge < -0.3 is 14.8 Å². The number of hydrogen-bond donors (Lipinski definition) is 1. The third-order valence-electron chi connectivity index (χ3n) is 4.57. The number of anilines is 1. The Kier molecular flexibility index (Phi) is 4.42. The molecule has 5 nitrogen and oxygen atoms in total. The van der Waals surface area contributed by atoms with Gasteiger partial charge in [-0.3, -0.25) is 9.59 Å². The van der Waals surface area contributed by atoms with Crippen LogP contribution in [0.15, 0.2) is 41.2 Å². The summed E-state index contributed by atoms with van der Waals surface area (Å²) >= 11 is 0. The third kappa shape index (κ3) is 3.07. The number of amides is 1. The molecule has 1 aromatic heterocycles. The summed E-state index contributed by atoms with van der Waals surface area (Å²) in [5.41, 5.74) is 2.90. The number of benzene rings is 1. The number of nitrogens with one attached hydrogen (secondary N) is 1. The van der Waals surface area contributed by atoms with E-state index in [4.69, 9.17) is 0 Å². The molecule has 1 aliphatic heterocycles. The number of likely N-dealkylation sites (tertiary alicyclic amines) is 1. The molecule has 1 atom stereocenters. The molecular formula is C19H23N3O2. The summed E-state index contributed by atoms with van der Waals surface area (Å²) in [7, 11) is 4.01. The molecule has 1 N–H and O–H groups in total. The minimum Gasteiger partial charge on any atom is -0.378 e. The van der Waals surface area contributed by atoms with Crippen LogP contribution in [0.2, 0.25) is 0 Å². The lowest BCUT2D eigenvalue weighted by Crippen LogP contribution is -2.34. The summed E-state index contributed by atoms with van der Waals surface area (Å²) in [4.78, 5) is 31.6. The Balaban J connectivity index is 1.92.